The van der Waals surface area contributed by atoms with Gasteiger partial charge in [-0.2, -0.15) is 5.10 Å². The Balaban J connectivity index is 1.93. The number of hydrazone groups is 1. The zero-order valence-electron chi connectivity index (χ0n) is 13.0. The average molecular weight is 295 g/mol. The van der Waals surface area contributed by atoms with E-state index in [0.717, 1.165) is 12.3 Å². The van der Waals surface area contributed by atoms with E-state index in [-0.39, 0.29) is 0 Å². The minimum Gasteiger partial charge on any atom is -0.359 e. The number of nitrogens with zero attached hydrogens (tertiary/aromatic N) is 1. The number of hydrogen-bond donors (Lipinski definition) is 2. The fourth-order valence-electron chi connectivity index (χ4n) is 3.62. The van der Waals surface area contributed by atoms with Gasteiger partial charge in [-0.3, -0.25) is 5.43 Å². The first-order valence-corrected chi connectivity index (χ1v) is 8.70. The second kappa shape index (κ2) is 7.96. The standard InChI is InChI=1S/C16H29N3S/c1-12(2)17-16(20)19-18-15-11-7-6-10-14(15)13-8-4-3-5-9-13/h12-14H,3-11H2,1-2H3,(H2,17,19,20)/b18-15-/t14-/m0/s1. The first kappa shape index (κ1) is 15.7. The summed E-state index contributed by atoms with van der Waals surface area (Å²) >= 11 is 5.26. The van der Waals surface area contributed by atoms with Crippen LogP contribution in [0.2, 0.25) is 0 Å². The van der Waals surface area contributed by atoms with Crippen LogP contribution in [0.15, 0.2) is 5.10 Å². The Labute approximate surface area is 129 Å². The molecular formula is C16H29N3S. The van der Waals surface area contributed by atoms with Crippen LogP contribution in [0.25, 0.3) is 0 Å². The summed E-state index contributed by atoms with van der Waals surface area (Å²) in [6, 6.07) is 0.357. The van der Waals surface area contributed by atoms with Gasteiger partial charge in [0.15, 0.2) is 5.11 Å². The number of nitrogens with one attached hydrogen (secondary N) is 2. The van der Waals surface area contributed by atoms with E-state index in [0.29, 0.717) is 17.1 Å². The summed E-state index contributed by atoms with van der Waals surface area (Å²) in [6.45, 7) is 4.18. The van der Waals surface area contributed by atoms with Crippen LogP contribution in [-0.4, -0.2) is 16.9 Å². The number of rotatable bonds is 3. The van der Waals surface area contributed by atoms with E-state index in [1.165, 1.54) is 57.1 Å². The molecule has 0 saturated heterocycles. The maximum absolute atomic E-state index is 5.26. The molecule has 0 bridgehead atoms. The zero-order valence-corrected chi connectivity index (χ0v) is 13.8. The van der Waals surface area contributed by atoms with Crippen LogP contribution in [0.5, 0.6) is 0 Å². The third-order valence-corrected chi connectivity index (χ3v) is 4.77. The van der Waals surface area contributed by atoms with E-state index in [1.54, 1.807) is 0 Å². The average Bonchev–Trinajstić information content (AvgIpc) is 2.46. The van der Waals surface area contributed by atoms with Crippen molar-refractivity contribution in [1.29, 1.82) is 0 Å². The molecule has 114 valence electrons. The van der Waals surface area contributed by atoms with Gasteiger partial charge in [-0.05, 0) is 64.1 Å². The third kappa shape index (κ3) is 4.72. The predicted molar refractivity (Wildman–Crippen MR) is 90.0 cm³/mol. The van der Waals surface area contributed by atoms with Gasteiger partial charge < -0.3 is 5.32 Å². The van der Waals surface area contributed by atoms with Gasteiger partial charge in [-0.1, -0.05) is 25.7 Å². The van der Waals surface area contributed by atoms with Crippen molar-refractivity contribution in [3.63, 3.8) is 0 Å². The lowest BCUT2D eigenvalue weighted by molar-refractivity contribution is 0.274. The molecule has 2 aliphatic rings. The fourth-order valence-corrected chi connectivity index (χ4v) is 3.90. The molecule has 0 heterocycles. The summed E-state index contributed by atoms with van der Waals surface area (Å²) in [7, 11) is 0. The largest absolute Gasteiger partial charge is 0.359 e. The van der Waals surface area contributed by atoms with Gasteiger partial charge in [0.1, 0.15) is 0 Å². The highest BCUT2D eigenvalue weighted by atomic mass is 32.1. The van der Waals surface area contributed by atoms with Crippen molar-refractivity contribution in [2.45, 2.75) is 77.7 Å². The topological polar surface area (TPSA) is 36.4 Å². The van der Waals surface area contributed by atoms with Gasteiger partial charge >= 0.3 is 0 Å². The van der Waals surface area contributed by atoms with Crippen molar-refractivity contribution in [3.05, 3.63) is 0 Å². The minimum atomic E-state index is 0.357. The molecule has 2 fully saturated rings. The van der Waals surface area contributed by atoms with Crippen LogP contribution in [-0.2, 0) is 0 Å². The number of thiocarbonyl (C=S) groups is 1. The maximum atomic E-state index is 5.26. The second-order valence-electron chi connectivity index (χ2n) is 6.59. The highest BCUT2D eigenvalue weighted by Gasteiger charge is 2.29. The SMILES string of the molecule is CC(C)NC(=S)N/N=C1/CCCC[C@H]1C1CCCCC1. The van der Waals surface area contributed by atoms with Crippen LogP contribution in [0.4, 0.5) is 0 Å². The van der Waals surface area contributed by atoms with E-state index in [2.05, 4.69) is 29.7 Å². The summed E-state index contributed by atoms with van der Waals surface area (Å²) < 4.78 is 0. The van der Waals surface area contributed by atoms with Crippen molar-refractivity contribution in [2.24, 2.45) is 16.9 Å². The van der Waals surface area contributed by atoms with Crippen molar-refractivity contribution >= 4 is 23.0 Å². The molecule has 2 saturated carbocycles. The van der Waals surface area contributed by atoms with Crippen LogP contribution in [0, 0.1) is 11.8 Å². The molecule has 0 radical (unpaired) electrons. The molecule has 0 aromatic rings. The van der Waals surface area contributed by atoms with Crippen molar-refractivity contribution < 1.29 is 0 Å². The first-order valence-electron chi connectivity index (χ1n) is 8.30. The van der Waals surface area contributed by atoms with Crippen molar-refractivity contribution in [1.82, 2.24) is 10.7 Å². The Morgan fingerprint density at radius 1 is 1.10 bits per heavy atom. The lowest BCUT2D eigenvalue weighted by atomic mass is 9.72. The van der Waals surface area contributed by atoms with E-state index in [1.807, 2.05) is 0 Å². The summed E-state index contributed by atoms with van der Waals surface area (Å²) in [6.07, 6.45) is 12.2. The Morgan fingerprint density at radius 2 is 1.80 bits per heavy atom. The molecule has 2 rings (SSSR count). The molecule has 20 heavy (non-hydrogen) atoms. The van der Waals surface area contributed by atoms with Crippen molar-refractivity contribution in [2.75, 3.05) is 0 Å². The molecule has 4 heteroatoms. The molecule has 0 spiro atoms. The van der Waals surface area contributed by atoms with E-state index in [9.17, 15) is 0 Å². The summed E-state index contributed by atoms with van der Waals surface area (Å²) in [5.74, 6) is 1.58. The highest BCUT2D eigenvalue weighted by molar-refractivity contribution is 7.80. The van der Waals surface area contributed by atoms with Gasteiger partial charge in [-0.25, -0.2) is 0 Å². The maximum Gasteiger partial charge on any atom is 0.187 e. The Morgan fingerprint density at radius 3 is 2.50 bits per heavy atom. The van der Waals surface area contributed by atoms with Gasteiger partial charge in [0.05, 0.1) is 0 Å². The van der Waals surface area contributed by atoms with Crippen molar-refractivity contribution in [3.8, 4) is 0 Å². The first-order chi connectivity index (χ1) is 9.66. The molecule has 2 N–H and O–H groups in total. The van der Waals surface area contributed by atoms with Crippen LogP contribution in [0.1, 0.15) is 71.6 Å². The lowest BCUT2D eigenvalue weighted by Gasteiger charge is -2.34. The summed E-state index contributed by atoms with van der Waals surface area (Å²) in [5.41, 5.74) is 4.43. The Kier molecular flexibility index (Phi) is 6.27. The Bertz CT molecular complexity index is 346. The van der Waals surface area contributed by atoms with Gasteiger partial charge in [-0.15, -0.1) is 0 Å². The van der Waals surface area contributed by atoms with E-state index < -0.39 is 0 Å². The molecular weight excluding hydrogens is 266 g/mol. The summed E-state index contributed by atoms with van der Waals surface area (Å²) in [4.78, 5) is 0. The van der Waals surface area contributed by atoms with Crippen LogP contribution < -0.4 is 10.7 Å². The molecule has 0 aromatic heterocycles. The predicted octanol–water partition coefficient (Wildman–Crippen LogP) is 3.99. The normalized spacial score (nSPS) is 26.8. The monoisotopic (exact) mass is 295 g/mol. The molecule has 0 unspecified atom stereocenters. The molecule has 1 atom stereocenters. The lowest BCUT2D eigenvalue weighted by Crippen LogP contribution is -2.38. The van der Waals surface area contributed by atoms with E-state index in [4.69, 9.17) is 12.2 Å². The number of hydrogen-bond acceptors (Lipinski definition) is 2. The molecule has 0 amide bonds. The molecule has 3 nitrogen and oxygen atoms in total. The molecule has 0 aromatic carbocycles. The van der Waals surface area contributed by atoms with Crippen LogP contribution in [0.3, 0.4) is 0 Å². The smallest absolute Gasteiger partial charge is 0.187 e. The Hall–Kier alpha value is -0.640. The van der Waals surface area contributed by atoms with E-state index >= 15 is 0 Å². The summed E-state index contributed by atoms with van der Waals surface area (Å²) in [5, 5.41) is 8.50. The van der Waals surface area contributed by atoms with Gasteiger partial charge in [0, 0.05) is 17.7 Å². The zero-order chi connectivity index (χ0) is 14.4. The second-order valence-corrected chi connectivity index (χ2v) is 7.00. The quantitative estimate of drug-likeness (QED) is 0.610. The van der Waals surface area contributed by atoms with Gasteiger partial charge in [0.2, 0.25) is 0 Å². The fraction of sp³-hybridized carbons (Fsp3) is 0.875. The van der Waals surface area contributed by atoms with Crippen LogP contribution >= 0.6 is 12.2 Å². The minimum absolute atomic E-state index is 0.357. The molecule has 0 aliphatic heterocycles. The van der Waals surface area contributed by atoms with Gasteiger partial charge in [0.25, 0.3) is 0 Å². The third-order valence-electron chi connectivity index (χ3n) is 4.57. The molecule has 2 aliphatic carbocycles. The highest BCUT2D eigenvalue weighted by Crippen LogP contribution is 2.36.